The van der Waals surface area contributed by atoms with E-state index in [4.69, 9.17) is 32.7 Å². The van der Waals surface area contributed by atoms with Crippen molar-refractivity contribution < 1.29 is 14.3 Å². The number of unbranched alkanes of at least 4 members (excludes halogenated alkanes) is 1. The van der Waals surface area contributed by atoms with E-state index in [0.717, 1.165) is 12.8 Å². The fourth-order valence-corrected chi connectivity index (χ4v) is 1.70. The lowest BCUT2D eigenvalue weighted by atomic mass is 10.3. The van der Waals surface area contributed by atoms with Crippen molar-refractivity contribution in [3.8, 4) is 5.75 Å². The zero-order chi connectivity index (χ0) is 13.5. The minimum Gasteiger partial charge on any atom is -0.477 e. The molecule has 1 aromatic carbocycles. The molecule has 0 bridgehead atoms. The van der Waals surface area contributed by atoms with E-state index < -0.39 is 12.1 Å². The van der Waals surface area contributed by atoms with Gasteiger partial charge in [-0.25, -0.2) is 4.79 Å². The zero-order valence-electron chi connectivity index (χ0n) is 10.4. The maximum Gasteiger partial charge on any atom is 0.347 e. The second kappa shape index (κ2) is 7.49. The first kappa shape index (κ1) is 15.1. The number of hydrogen-bond donors (Lipinski definition) is 0. The van der Waals surface area contributed by atoms with Crippen LogP contribution in [0, 0.1) is 0 Å². The molecule has 0 N–H and O–H groups in total. The van der Waals surface area contributed by atoms with Gasteiger partial charge in [-0.15, -0.1) is 0 Å². The minimum absolute atomic E-state index is 0.371. The lowest BCUT2D eigenvalue weighted by Gasteiger charge is -2.14. The summed E-state index contributed by atoms with van der Waals surface area (Å²) in [6.45, 7) is 4.07. The summed E-state index contributed by atoms with van der Waals surface area (Å²) in [6, 6.07) is 4.84. The van der Waals surface area contributed by atoms with Crippen molar-refractivity contribution in [1.29, 1.82) is 0 Å². The predicted molar refractivity (Wildman–Crippen MR) is 72.4 cm³/mol. The fraction of sp³-hybridized carbons (Fsp3) is 0.462. The molecule has 18 heavy (non-hydrogen) atoms. The average Bonchev–Trinajstić information content (AvgIpc) is 2.32. The van der Waals surface area contributed by atoms with Gasteiger partial charge in [-0.2, -0.15) is 0 Å². The molecule has 0 saturated heterocycles. The summed E-state index contributed by atoms with van der Waals surface area (Å²) in [6.07, 6.45) is 1.13. The Labute approximate surface area is 117 Å². The van der Waals surface area contributed by atoms with Gasteiger partial charge in [0.15, 0.2) is 6.10 Å². The predicted octanol–water partition coefficient (Wildman–Crippen LogP) is 4.10. The van der Waals surface area contributed by atoms with Gasteiger partial charge in [0.1, 0.15) is 5.75 Å². The Hall–Kier alpha value is -0.930. The molecule has 0 radical (unpaired) electrons. The Kier molecular flexibility index (Phi) is 6.30. The minimum atomic E-state index is -0.694. The van der Waals surface area contributed by atoms with E-state index in [0.29, 0.717) is 22.4 Å². The van der Waals surface area contributed by atoms with Crippen molar-refractivity contribution in [2.75, 3.05) is 6.61 Å². The van der Waals surface area contributed by atoms with Crippen LogP contribution in [0.3, 0.4) is 0 Å². The highest BCUT2D eigenvalue weighted by Gasteiger charge is 2.17. The van der Waals surface area contributed by atoms with Crippen molar-refractivity contribution in [1.82, 2.24) is 0 Å². The summed E-state index contributed by atoms with van der Waals surface area (Å²) in [5.74, 6) is 0.0236. The normalized spacial score (nSPS) is 12.0. The van der Waals surface area contributed by atoms with Crippen LogP contribution in [-0.2, 0) is 9.53 Å². The Balaban J connectivity index is 2.53. The van der Waals surface area contributed by atoms with Crippen molar-refractivity contribution >= 4 is 29.2 Å². The molecule has 0 aliphatic carbocycles. The number of rotatable bonds is 6. The van der Waals surface area contributed by atoms with Crippen LogP contribution >= 0.6 is 23.2 Å². The Morgan fingerprint density at radius 3 is 2.72 bits per heavy atom. The number of esters is 1. The Morgan fingerprint density at radius 2 is 2.11 bits per heavy atom. The summed E-state index contributed by atoms with van der Waals surface area (Å²) in [7, 11) is 0. The molecule has 3 nitrogen and oxygen atoms in total. The molecular weight excluding hydrogens is 275 g/mol. The van der Waals surface area contributed by atoms with Gasteiger partial charge in [-0.1, -0.05) is 36.5 Å². The van der Waals surface area contributed by atoms with Gasteiger partial charge in [-0.05, 0) is 31.5 Å². The smallest absolute Gasteiger partial charge is 0.347 e. The first-order valence-electron chi connectivity index (χ1n) is 5.83. The summed E-state index contributed by atoms with van der Waals surface area (Å²) >= 11 is 11.7. The molecule has 0 fully saturated rings. The number of benzene rings is 1. The zero-order valence-corrected chi connectivity index (χ0v) is 11.9. The van der Waals surface area contributed by atoms with Crippen LogP contribution in [0.15, 0.2) is 18.2 Å². The third kappa shape index (κ3) is 4.75. The molecule has 1 unspecified atom stereocenters. The quantitative estimate of drug-likeness (QED) is 0.584. The van der Waals surface area contributed by atoms with Gasteiger partial charge in [0.05, 0.1) is 11.6 Å². The maximum atomic E-state index is 11.6. The Bertz CT molecular complexity index is 407. The van der Waals surface area contributed by atoms with Gasteiger partial charge in [0.25, 0.3) is 0 Å². The molecular formula is C13H16Cl2O3. The number of carbonyl (C=O) groups excluding carboxylic acids is 1. The van der Waals surface area contributed by atoms with Crippen molar-refractivity contribution in [2.45, 2.75) is 32.8 Å². The van der Waals surface area contributed by atoms with Crippen LogP contribution < -0.4 is 4.74 Å². The SMILES string of the molecule is CCCCOC(=O)C(C)Oc1ccc(Cl)cc1Cl. The average molecular weight is 291 g/mol. The monoisotopic (exact) mass is 290 g/mol. The molecule has 0 aromatic heterocycles. The molecule has 0 amide bonds. The first-order chi connectivity index (χ1) is 8.54. The van der Waals surface area contributed by atoms with E-state index in [-0.39, 0.29) is 0 Å². The molecule has 5 heteroatoms. The summed E-state index contributed by atoms with van der Waals surface area (Å²) < 4.78 is 10.5. The van der Waals surface area contributed by atoms with Crippen molar-refractivity contribution in [3.05, 3.63) is 28.2 Å². The highest BCUT2D eigenvalue weighted by molar-refractivity contribution is 6.35. The molecule has 100 valence electrons. The summed E-state index contributed by atoms with van der Waals surface area (Å²) in [5, 5.41) is 0.890. The lowest BCUT2D eigenvalue weighted by Crippen LogP contribution is -2.26. The molecule has 1 rings (SSSR count). The Morgan fingerprint density at radius 1 is 1.39 bits per heavy atom. The van der Waals surface area contributed by atoms with E-state index in [1.807, 2.05) is 6.92 Å². The molecule has 0 aliphatic rings. The van der Waals surface area contributed by atoms with E-state index in [1.165, 1.54) is 0 Å². The maximum absolute atomic E-state index is 11.6. The molecule has 0 spiro atoms. The lowest BCUT2D eigenvalue weighted by molar-refractivity contribution is -0.151. The highest BCUT2D eigenvalue weighted by atomic mass is 35.5. The van der Waals surface area contributed by atoms with Gasteiger partial charge in [0, 0.05) is 5.02 Å². The van der Waals surface area contributed by atoms with Crippen LogP contribution in [0.25, 0.3) is 0 Å². The fourth-order valence-electron chi connectivity index (χ4n) is 1.24. The van der Waals surface area contributed by atoms with Crippen LogP contribution in [0.5, 0.6) is 5.75 Å². The summed E-state index contributed by atoms with van der Waals surface area (Å²) in [4.78, 5) is 11.6. The molecule has 0 saturated carbocycles. The standard InChI is InChI=1S/C13H16Cl2O3/c1-3-4-7-17-13(16)9(2)18-12-6-5-10(14)8-11(12)15/h5-6,8-9H,3-4,7H2,1-2H3. The van der Waals surface area contributed by atoms with Crippen LogP contribution in [0.4, 0.5) is 0 Å². The van der Waals surface area contributed by atoms with Crippen LogP contribution in [0.1, 0.15) is 26.7 Å². The van der Waals surface area contributed by atoms with E-state index >= 15 is 0 Å². The van der Waals surface area contributed by atoms with E-state index in [9.17, 15) is 4.79 Å². The molecule has 1 atom stereocenters. The van der Waals surface area contributed by atoms with Gasteiger partial charge in [-0.3, -0.25) is 0 Å². The molecule has 1 aromatic rings. The third-order valence-electron chi connectivity index (χ3n) is 2.27. The third-order valence-corrected chi connectivity index (χ3v) is 2.80. The second-order valence-electron chi connectivity index (χ2n) is 3.86. The van der Waals surface area contributed by atoms with E-state index in [2.05, 4.69) is 0 Å². The number of ether oxygens (including phenoxy) is 2. The second-order valence-corrected chi connectivity index (χ2v) is 4.70. The van der Waals surface area contributed by atoms with E-state index in [1.54, 1.807) is 25.1 Å². The van der Waals surface area contributed by atoms with Crippen LogP contribution in [0.2, 0.25) is 10.0 Å². The van der Waals surface area contributed by atoms with Gasteiger partial charge < -0.3 is 9.47 Å². The van der Waals surface area contributed by atoms with Gasteiger partial charge in [0.2, 0.25) is 0 Å². The largest absolute Gasteiger partial charge is 0.477 e. The summed E-state index contributed by atoms with van der Waals surface area (Å²) in [5.41, 5.74) is 0. The number of halogens is 2. The van der Waals surface area contributed by atoms with Crippen molar-refractivity contribution in [3.63, 3.8) is 0 Å². The number of carbonyl (C=O) groups is 1. The topological polar surface area (TPSA) is 35.5 Å². The van der Waals surface area contributed by atoms with Gasteiger partial charge >= 0.3 is 5.97 Å². The van der Waals surface area contributed by atoms with Crippen LogP contribution in [-0.4, -0.2) is 18.7 Å². The molecule has 0 aliphatic heterocycles. The molecule has 0 heterocycles. The number of hydrogen-bond acceptors (Lipinski definition) is 3. The van der Waals surface area contributed by atoms with Crippen molar-refractivity contribution in [2.24, 2.45) is 0 Å². The highest BCUT2D eigenvalue weighted by Crippen LogP contribution is 2.28. The first-order valence-corrected chi connectivity index (χ1v) is 6.58.